The van der Waals surface area contributed by atoms with E-state index in [9.17, 15) is 9.59 Å². The molecule has 1 unspecified atom stereocenters. The maximum absolute atomic E-state index is 12.8. The number of methoxy groups -OCH3 is 1. The van der Waals surface area contributed by atoms with Crippen LogP contribution in [0.4, 0.5) is 5.69 Å². The summed E-state index contributed by atoms with van der Waals surface area (Å²) in [5.41, 5.74) is 2.21. The highest BCUT2D eigenvalue weighted by atomic mass is 32.2. The number of hydrogen-bond donors (Lipinski definition) is 0. The summed E-state index contributed by atoms with van der Waals surface area (Å²) in [6.45, 7) is 2.19. The van der Waals surface area contributed by atoms with Crippen LogP contribution in [0.15, 0.2) is 53.4 Å². The minimum Gasteiger partial charge on any atom is -0.497 e. The fraction of sp³-hybridized carbons (Fsp3) is 0.391. The summed E-state index contributed by atoms with van der Waals surface area (Å²) >= 11 is 1.78. The highest BCUT2D eigenvalue weighted by Gasteiger charge is 2.28. The number of amides is 2. The van der Waals surface area contributed by atoms with Crippen LogP contribution >= 0.6 is 11.8 Å². The van der Waals surface area contributed by atoms with Gasteiger partial charge in [-0.15, -0.1) is 11.8 Å². The van der Waals surface area contributed by atoms with Crippen molar-refractivity contribution in [3.63, 3.8) is 0 Å². The maximum Gasteiger partial charge on any atom is 0.227 e. The third-order valence-electron chi connectivity index (χ3n) is 5.71. The molecule has 1 atom stereocenters. The minimum absolute atomic E-state index is 0.0389. The molecule has 29 heavy (non-hydrogen) atoms. The van der Waals surface area contributed by atoms with E-state index in [2.05, 4.69) is 12.1 Å². The predicted molar refractivity (Wildman–Crippen MR) is 116 cm³/mol. The predicted octanol–water partition coefficient (Wildman–Crippen LogP) is 3.93. The van der Waals surface area contributed by atoms with Crippen LogP contribution < -0.4 is 9.64 Å². The van der Waals surface area contributed by atoms with Crippen LogP contribution in [0.25, 0.3) is 0 Å². The van der Waals surface area contributed by atoms with Crippen molar-refractivity contribution < 1.29 is 14.3 Å². The average Bonchev–Trinajstić information content (AvgIpc) is 3.27. The third-order valence-corrected chi connectivity index (χ3v) is 6.75. The van der Waals surface area contributed by atoms with Gasteiger partial charge >= 0.3 is 0 Å². The highest BCUT2D eigenvalue weighted by molar-refractivity contribution is 7.99. The maximum atomic E-state index is 12.8. The Labute approximate surface area is 176 Å². The Bertz CT molecular complexity index is 884. The van der Waals surface area contributed by atoms with Crippen LogP contribution in [-0.4, -0.2) is 49.2 Å². The number of nitrogens with zero attached hydrogens (tertiary/aromatic N) is 2. The second kappa shape index (κ2) is 8.91. The molecule has 0 radical (unpaired) electrons. The lowest BCUT2D eigenvalue weighted by Gasteiger charge is -2.29. The molecule has 0 aromatic heterocycles. The van der Waals surface area contributed by atoms with E-state index >= 15 is 0 Å². The molecule has 2 aliphatic rings. The monoisotopic (exact) mass is 410 g/mol. The van der Waals surface area contributed by atoms with Crippen molar-refractivity contribution in [3.8, 4) is 5.75 Å². The number of rotatable bonds is 5. The van der Waals surface area contributed by atoms with Crippen LogP contribution in [0.1, 0.15) is 30.7 Å². The van der Waals surface area contributed by atoms with Gasteiger partial charge in [0.1, 0.15) is 5.75 Å². The third kappa shape index (κ3) is 4.42. The normalized spacial score (nSPS) is 18.4. The summed E-state index contributed by atoms with van der Waals surface area (Å²) in [6, 6.07) is 16.1. The number of anilines is 1. The van der Waals surface area contributed by atoms with Gasteiger partial charge in [0.25, 0.3) is 0 Å². The molecule has 2 aromatic carbocycles. The Morgan fingerprint density at radius 1 is 1.03 bits per heavy atom. The second-order valence-corrected chi connectivity index (χ2v) is 8.60. The zero-order valence-corrected chi connectivity index (χ0v) is 17.5. The van der Waals surface area contributed by atoms with Crippen LogP contribution in [0.5, 0.6) is 5.75 Å². The van der Waals surface area contributed by atoms with Crippen LogP contribution in [0.3, 0.4) is 0 Å². The zero-order valence-electron chi connectivity index (χ0n) is 16.7. The topological polar surface area (TPSA) is 49.9 Å². The average molecular weight is 411 g/mol. The van der Waals surface area contributed by atoms with Gasteiger partial charge in [0.2, 0.25) is 11.8 Å². The van der Waals surface area contributed by atoms with Gasteiger partial charge < -0.3 is 14.5 Å². The SMILES string of the molecule is COc1ccc(C2CCN(C(=O)CCC(=O)N3CCSc4ccccc43)C2)cc1. The molecule has 4 rings (SSSR count). The minimum atomic E-state index is 0.0389. The fourth-order valence-electron chi connectivity index (χ4n) is 4.07. The van der Waals surface area contributed by atoms with Gasteiger partial charge in [-0.2, -0.15) is 0 Å². The Morgan fingerprint density at radius 3 is 2.59 bits per heavy atom. The van der Waals surface area contributed by atoms with Crippen molar-refractivity contribution in [2.45, 2.75) is 30.1 Å². The molecule has 1 saturated heterocycles. The fourth-order valence-corrected chi connectivity index (χ4v) is 5.07. The van der Waals surface area contributed by atoms with Crippen molar-refractivity contribution in [2.75, 3.05) is 37.4 Å². The summed E-state index contributed by atoms with van der Waals surface area (Å²) in [5, 5.41) is 0. The first-order valence-electron chi connectivity index (χ1n) is 10.1. The van der Waals surface area contributed by atoms with Gasteiger partial charge in [-0.1, -0.05) is 24.3 Å². The number of para-hydroxylation sites is 1. The van der Waals surface area contributed by atoms with E-state index in [1.807, 2.05) is 46.2 Å². The van der Waals surface area contributed by atoms with E-state index in [4.69, 9.17) is 4.74 Å². The number of carbonyl (C=O) groups is 2. The molecular formula is C23H26N2O3S. The lowest BCUT2D eigenvalue weighted by molar-refractivity contribution is -0.132. The first-order valence-corrected chi connectivity index (χ1v) is 11.1. The van der Waals surface area contributed by atoms with Crippen LogP contribution in [-0.2, 0) is 9.59 Å². The number of carbonyl (C=O) groups excluding carboxylic acids is 2. The summed E-state index contributed by atoms with van der Waals surface area (Å²) in [5.74, 6) is 2.21. The van der Waals surface area contributed by atoms with Gasteiger partial charge in [-0.25, -0.2) is 0 Å². The first-order chi connectivity index (χ1) is 14.2. The molecule has 6 heteroatoms. The standard InChI is InChI=1S/C23H26N2O3S/c1-28-19-8-6-17(7-9-19)18-12-13-24(16-18)22(26)10-11-23(27)25-14-15-29-21-5-3-2-4-20(21)25/h2-9,18H,10-16H2,1H3. The van der Waals surface area contributed by atoms with Gasteiger partial charge in [-0.3, -0.25) is 9.59 Å². The van der Waals surface area contributed by atoms with Crippen molar-refractivity contribution in [1.29, 1.82) is 0 Å². The molecule has 0 saturated carbocycles. The number of fused-ring (bicyclic) bond motifs is 1. The molecule has 2 amide bonds. The molecule has 2 heterocycles. The molecule has 1 fully saturated rings. The quantitative estimate of drug-likeness (QED) is 0.749. The summed E-state index contributed by atoms with van der Waals surface area (Å²) in [4.78, 5) is 30.3. The van der Waals surface area contributed by atoms with Gasteiger partial charge in [-0.05, 0) is 36.2 Å². The van der Waals surface area contributed by atoms with Crippen molar-refractivity contribution in [3.05, 3.63) is 54.1 Å². The highest BCUT2D eigenvalue weighted by Crippen LogP contribution is 2.35. The number of thioether (sulfide) groups is 1. The molecule has 5 nitrogen and oxygen atoms in total. The smallest absolute Gasteiger partial charge is 0.227 e. The number of benzene rings is 2. The summed E-state index contributed by atoms with van der Waals surface area (Å²) in [7, 11) is 1.66. The Balaban J connectivity index is 1.30. The Hall–Kier alpha value is -2.47. The second-order valence-electron chi connectivity index (χ2n) is 7.46. The molecule has 2 aromatic rings. The van der Waals surface area contributed by atoms with Crippen molar-refractivity contribution in [1.82, 2.24) is 4.90 Å². The molecule has 0 bridgehead atoms. The van der Waals surface area contributed by atoms with Gasteiger partial charge in [0, 0.05) is 49.0 Å². The lowest BCUT2D eigenvalue weighted by Crippen LogP contribution is -2.36. The molecular weight excluding hydrogens is 384 g/mol. The number of ether oxygens (including phenoxy) is 1. The summed E-state index contributed by atoms with van der Waals surface area (Å²) < 4.78 is 5.22. The Kier molecular flexibility index (Phi) is 6.09. The summed E-state index contributed by atoms with van der Waals surface area (Å²) in [6.07, 6.45) is 1.50. The van der Waals surface area contributed by atoms with Crippen molar-refractivity contribution >= 4 is 29.3 Å². The van der Waals surface area contributed by atoms with Crippen LogP contribution in [0, 0.1) is 0 Å². The molecule has 0 N–H and O–H groups in total. The van der Waals surface area contributed by atoms with E-state index in [1.54, 1.807) is 18.9 Å². The zero-order chi connectivity index (χ0) is 20.2. The lowest BCUT2D eigenvalue weighted by atomic mass is 9.98. The van der Waals surface area contributed by atoms with Crippen molar-refractivity contribution in [2.24, 2.45) is 0 Å². The molecule has 2 aliphatic heterocycles. The largest absolute Gasteiger partial charge is 0.497 e. The van der Waals surface area contributed by atoms with E-state index in [-0.39, 0.29) is 24.7 Å². The molecule has 0 aliphatic carbocycles. The molecule has 0 spiro atoms. The first kappa shape index (κ1) is 19.8. The number of likely N-dealkylation sites (tertiary alicyclic amines) is 1. The van der Waals surface area contributed by atoms with E-state index in [0.717, 1.165) is 41.6 Å². The van der Waals surface area contributed by atoms with Gasteiger partial charge in [0.05, 0.1) is 12.8 Å². The molecule has 152 valence electrons. The van der Waals surface area contributed by atoms with Crippen LogP contribution in [0.2, 0.25) is 0 Å². The van der Waals surface area contributed by atoms with E-state index < -0.39 is 0 Å². The van der Waals surface area contributed by atoms with Gasteiger partial charge in [0.15, 0.2) is 0 Å². The number of hydrogen-bond acceptors (Lipinski definition) is 4. The van der Waals surface area contributed by atoms with E-state index in [1.165, 1.54) is 5.56 Å². The Morgan fingerprint density at radius 2 is 1.79 bits per heavy atom. The van der Waals surface area contributed by atoms with E-state index in [0.29, 0.717) is 12.5 Å².